The van der Waals surface area contributed by atoms with E-state index in [0.717, 1.165) is 48.1 Å². The number of nitrogens with zero attached hydrogens (tertiary/aromatic N) is 5. The van der Waals surface area contributed by atoms with Crippen molar-refractivity contribution >= 4 is 23.6 Å². The highest BCUT2D eigenvalue weighted by molar-refractivity contribution is 5.93. The van der Waals surface area contributed by atoms with Crippen molar-refractivity contribution in [1.82, 2.24) is 25.1 Å². The highest BCUT2D eigenvalue weighted by Crippen LogP contribution is 2.30. The lowest BCUT2D eigenvalue weighted by Gasteiger charge is -2.37. The molecule has 0 saturated heterocycles. The molecule has 10 nitrogen and oxygen atoms in total. The zero-order valence-electron chi connectivity index (χ0n) is 21.8. The van der Waals surface area contributed by atoms with Crippen LogP contribution >= 0.6 is 0 Å². The van der Waals surface area contributed by atoms with Crippen LogP contribution < -0.4 is 21.3 Å². The summed E-state index contributed by atoms with van der Waals surface area (Å²) >= 11 is 0. The van der Waals surface area contributed by atoms with E-state index in [-0.39, 0.29) is 23.7 Å². The second-order valence-corrected chi connectivity index (χ2v) is 9.77. The summed E-state index contributed by atoms with van der Waals surface area (Å²) in [6, 6.07) is 18.1. The van der Waals surface area contributed by atoms with Gasteiger partial charge in [0, 0.05) is 55.5 Å². The van der Waals surface area contributed by atoms with Crippen molar-refractivity contribution < 1.29 is 9.59 Å². The Kier molecular flexibility index (Phi) is 7.81. The Labute approximate surface area is 227 Å². The minimum absolute atomic E-state index is 0.0428. The number of aryl methyl sites for hydroxylation is 1. The van der Waals surface area contributed by atoms with Gasteiger partial charge in [0.15, 0.2) is 0 Å². The molecule has 200 valence electrons. The van der Waals surface area contributed by atoms with Gasteiger partial charge in [-0.15, -0.1) is 0 Å². The van der Waals surface area contributed by atoms with Gasteiger partial charge in [0.05, 0.1) is 11.8 Å². The minimum Gasteiger partial charge on any atom is -0.366 e. The molecule has 0 radical (unpaired) electrons. The number of carbonyl (C=O) groups excluding carboxylic acids is 2. The number of nitrogens with two attached hydrogens (primary N) is 1. The van der Waals surface area contributed by atoms with E-state index in [1.807, 2.05) is 78.9 Å². The normalized spacial score (nSPS) is 16.8. The molecule has 2 heterocycles. The van der Waals surface area contributed by atoms with Gasteiger partial charge >= 0.3 is 6.03 Å². The molecule has 3 amide bonds. The zero-order valence-corrected chi connectivity index (χ0v) is 21.8. The summed E-state index contributed by atoms with van der Waals surface area (Å²) in [5.74, 6) is -0.0898. The van der Waals surface area contributed by atoms with E-state index in [0.29, 0.717) is 12.5 Å². The molecule has 1 fully saturated rings. The lowest BCUT2D eigenvalue weighted by Crippen LogP contribution is -2.48. The van der Waals surface area contributed by atoms with E-state index < -0.39 is 5.91 Å². The Hall–Kier alpha value is -4.73. The van der Waals surface area contributed by atoms with Crippen LogP contribution in [0.1, 0.15) is 41.6 Å². The summed E-state index contributed by atoms with van der Waals surface area (Å²) < 4.78 is 1.77. The third kappa shape index (κ3) is 6.40. The number of carbonyl (C=O) groups is 2. The molecule has 0 unspecified atom stereocenters. The van der Waals surface area contributed by atoms with E-state index in [9.17, 15) is 9.59 Å². The van der Waals surface area contributed by atoms with Crippen molar-refractivity contribution in [3.63, 3.8) is 0 Å². The number of rotatable bonds is 8. The molecular formula is C29H32N8O2. The van der Waals surface area contributed by atoms with Gasteiger partial charge in [-0.05, 0) is 48.9 Å². The number of hydrogen-bond acceptors (Lipinski definition) is 6. The molecule has 4 N–H and O–H groups in total. The topological polar surface area (TPSA) is 131 Å². The van der Waals surface area contributed by atoms with Crippen molar-refractivity contribution in [3.8, 4) is 11.1 Å². The predicted molar refractivity (Wildman–Crippen MR) is 150 cm³/mol. The van der Waals surface area contributed by atoms with E-state index >= 15 is 0 Å². The smallest absolute Gasteiger partial charge is 0.322 e. The molecule has 2 aromatic heterocycles. The van der Waals surface area contributed by atoms with Crippen molar-refractivity contribution in [2.45, 2.75) is 44.3 Å². The maximum Gasteiger partial charge on any atom is 0.322 e. The molecule has 1 aliphatic rings. The highest BCUT2D eigenvalue weighted by atomic mass is 16.2. The number of hydrogen-bond donors (Lipinski definition) is 3. The van der Waals surface area contributed by atoms with Crippen molar-refractivity contribution in [2.75, 3.05) is 10.2 Å². The molecule has 0 atom stereocenters. The van der Waals surface area contributed by atoms with Crippen LogP contribution in [-0.2, 0) is 13.6 Å². The van der Waals surface area contributed by atoms with Crippen molar-refractivity contribution in [1.29, 1.82) is 0 Å². The molecule has 0 bridgehead atoms. The summed E-state index contributed by atoms with van der Waals surface area (Å²) in [6.07, 6.45) is 10.00. The fourth-order valence-corrected chi connectivity index (χ4v) is 4.93. The second kappa shape index (κ2) is 11.8. The van der Waals surface area contributed by atoms with Gasteiger partial charge in [0.25, 0.3) is 5.91 Å². The van der Waals surface area contributed by atoms with Crippen LogP contribution in [0.15, 0.2) is 79.4 Å². The molecule has 0 aliphatic heterocycles. The third-order valence-corrected chi connectivity index (χ3v) is 7.02. The quantitative estimate of drug-likeness (QED) is 0.318. The van der Waals surface area contributed by atoms with Crippen LogP contribution in [0.4, 0.5) is 16.4 Å². The zero-order chi connectivity index (χ0) is 27.2. The molecule has 4 aromatic rings. The maximum absolute atomic E-state index is 13.6. The first-order valence-corrected chi connectivity index (χ1v) is 13.0. The Morgan fingerprint density at radius 3 is 2.26 bits per heavy atom. The molecule has 5 rings (SSSR count). The average molecular weight is 525 g/mol. The molecule has 2 aromatic carbocycles. The van der Waals surface area contributed by atoms with Gasteiger partial charge in [-0.2, -0.15) is 5.10 Å². The Balaban J connectivity index is 1.28. The van der Waals surface area contributed by atoms with Gasteiger partial charge in [-0.1, -0.05) is 42.5 Å². The number of aromatic nitrogens is 4. The molecule has 1 aliphatic carbocycles. The number of primary amides is 1. The van der Waals surface area contributed by atoms with Gasteiger partial charge < -0.3 is 16.4 Å². The van der Waals surface area contributed by atoms with Gasteiger partial charge in [-0.3, -0.25) is 14.4 Å². The Morgan fingerprint density at radius 1 is 0.949 bits per heavy atom. The van der Waals surface area contributed by atoms with E-state index in [1.165, 1.54) is 12.4 Å². The molecule has 39 heavy (non-hydrogen) atoms. The van der Waals surface area contributed by atoms with Crippen LogP contribution in [-0.4, -0.2) is 43.8 Å². The summed E-state index contributed by atoms with van der Waals surface area (Å²) in [5, 5.41) is 10.7. The first-order chi connectivity index (χ1) is 19.0. The Morgan fingerprint density at radius 2 is 1.64 bits per heavy atom. The summed E-state index contributed by atoms with van der Waals surface area (Å²) in [5.41, 5.74) is 9.53. The summed E-state index contributed by atoms with van der Waals surface area (Å²) in [6.45, 7) is 0.458. The predicted octanol–water partition coefficient (Wildman–Crippen LogP) is 4.12. The largest absolute Gasteiger partial charge is 0.366 e. The van der Waals surface area contributed by atoms with Gasteiger partial charge in [0.1, 0.15) is 0 Å². The number of benzene rings is 2. The first kappa shape index (κ1) is 25.9. The fraction of sp³-hybridized carbons (Fsp3) is 0.276. The Bertz CT molecular complexity index is 1400. The fourth-order valence-electron chi connectivity index (χ4n) is 4.93. The first-order valence-electron chi connectivity index (χ1n) is 13.0. The molecule has 1 saturated carbocycles. The minimum atomic E-state index is -0.554. The number of amides is 3. The SMILES string of the molecule is Cn1cc(-c2ccc(N(C(=O)NCc3ccccc3)[C@H]3CC[C@@H](Nc4ncc(C(N)=O)cn4)CC3)cc2)cn1. The standard InChI is InChI=1S/C29H32N8O2/c1-36-19-23(18-34-36)21-7-11-25(12-8-21)37(29(39)33-15-20-5-3-2-4-6-20)26-13-9-24(10-14-26)35-28-31-16-22(17-32-28)27(30)38/h2-8,11-12,16-19,24,26H,9-10,13-15H2,1H3,(H2,30,38)(H,33,39)(H,31,32,35)/t24-,26+. The van der Waals surface area contributed by atoms with Crippen LogP contribution in [0.2, 0.25) is 0 Å². The maximum atomic E-state index is 13.6. The van der Waals surface area contributed by atoms with Crippen molar-refractivity contribution in [2.24, 2.45) is 12.8 Å². The third-order valence-electron chi connectivity index (χ3n) is 7.02. The highest BCUT2D eigenvalue weighted by Gasteiger charge is 2.30. The van der Waals surface area contributed by atoms with E-state index in [1.54, 1.807) is 4.68 Å². The number of nitrogens with one attached hydrogen (secondary N) is 2. The summed E-state index contributed by atoms with van der Waals surface area (Å²) in [7, 11) is 1.89. The van der Waals surface area contributed by atoms with Crippen LogP contribution in [0.25, 0.3) is 11.1 Å². The molecule has 0 spiro atoms. The monoisotopic (exact) mass is 524 g/mol. The lowest BCUT2D eigenvalue weighted by atomic mass is 9.90. The average Bonchev–Trinajstić information content (AvgIpc) is 3.40. The number of urea groups is 1. The van der Waals surface area contributed by atoms with E-state index in [4.69, 9.17) is 5.73 Å². The van der Waals surface area contributed by atoms with Gasteiger partial charge in [0.2, 0.25) is 5.95 Å². The second-order valence-electron chi connectivity index (χ2n) is 9.77. The van der Waals surface area contributed by atoms with Crippen molar-refractivity contribution in [3.05, 3.63) is 90.5 Å². The van der Waals surface area contributed by atoms with E-state index in [2.05, 4.69) is 25.7 Å². The van der Waals surface area contributed by atoms with Crippen LogP contribution in [0.5, 0.6) is 0 Å². The molecule has 10 heteroatoms. The lowest BCUT2D eigenvalue weighted by molar-refractivity contribution is 0.0999. The van der Waals surface area contributed by atoms with Gasteiger partial charge in [-0.25, -0.2) is 14.8 Å². The summed E-state index contributed by atoms with van der Waals surface area (Å²) in [4.78, 5) is 35.1. The van der Waals surface area contributed by atoms with Crippen LogP contribution in [0, 0.1) is 0 Å². The molecular weight excluding hydrogens is 492 g/mol. The number of anilines is 2. The van der Waals surface area contributed by atoms with Crippen LogP contribution in [0.3, 0.4) is 0 Å².